The SMILES string of the molecule is OCCCCCCOc1ccncc1. The predicted molar refractivity (Wildman–Crippen MR) is 55.3 cm³/mol. The summed E-state index contributed by atoms with van der Waals surface area (Å²) in [5.41, 5.74) is 0. The standard InChI is InChI=1S/C11H17NO2/c13-9-3-1-2-4-10-14-11-5-7-12-8-6-11/h5-8,13H,1-4,9-10H2. The van der Waals surface area contributed by atoms with E-state index in [0.717, 1.165) is 38.0 Å². The Hall–Kier alpha value is -1.09. The molecule has 0 aliphatic heterocycles. The summed E-state index contributed by atoms with van der Waals surface area (Å²) < 4.78 is 5.48. The van der Waals surface area contributed by atoms with Crippen molar-refractivity contribution in [2.24, 2.45) is 0 Å². The number of aliphatic hydroxyl groups excluding tert-OH is 1. The third kappa shape index (κ3) is 4.82. The monoisotopic (exact) mass is 195 g/mol. The fraction of sp³-hybridized carbons (Fsp3) is 0.545. The van der Waals surface area contributed by atoms with Gasteiger partial charge in [-0.15, -0.1) is 0 Å². The van der Waals surface area contributed by atoms with Crippen molar-refractivity contribution < 1.29 is 9.84 Å². The zero-order valence-corrected chi connectivity index (χ0v) is 8.35. The Morgan fingerprint density at radius 3 is 2.50 bits per heavy atom. The van der Waals surface area contributed by atoms with E-state index in [2.05, 4.69) is 4.98 Å². The summed E-state index contributed by atoms with van der Waals surface area (Å²) in [6.07, 6.45) is 7.58. The molecule has 0 atom stereocenters. The summed E-state index contributed by atoms with van der Waals surface area (Å²) in [5.74, 6) is 0.877. The molecule has 1 aromatic rings. The number of pyridine rings is 1. The molecule has 3 nitrogen and oxygen atoms in total. The van der Waals surface area contributed by atoms with Gasteiger partial charge in [0.25, 0.3) is 0 Å². The third-order valence-electron chi connectivity index (χ3n) is 1.97. The molecular formula is C11H17NO2. The van der Waals surface area contributed by atoms with Crippen LogP contribution in [0.25, 0.3) is 0 Å². The van der Waals surface area contributed by atoms with Crippen LogP contribution in [-0.2, 0) is 0 Å². The smallest absolute Gasteiger partial charge is 0.122 e. The van der Waals surface area contributed by atoms with Gasteiger partial charge in [0.05, 0.1) is 6.61 Å². The van der Waals surface area contributed by atoms with Gasteiger partial charge in [-0.2, -0.15) is 0 Å². The molecule has 0 saturated carbocycles. The highest BCUT2D eigenvalue weighted by molar-refractivity contribution is 5.16. The lowest BCUT2D eigenvalue weighted by Crippen LogP contribution is -1.97. The maximum absolute atomic E-state index is 8.56. The Morgan fingerprint density at radius 2 is 1.79 bits per heavy atom. The van der Waals surface area contributed by atoms with Gasteiger partial charge in [-0.25, -0.2) is 0 Å². The van der Waals surface area contributed by atoms with Crippen LogP contribution in [-0.4, -0.2) is 23.3 Å². The first-order chi connectivity index (χ1) is 6.93. The summed E-state index contributed by atoms with van der Waals surface area (Å²) in [5, 5.41) is 8.56. The number of hydrogen-bond acceptors (Lipinski definition) is 3. The number of rotatable bonds is 7. The van der Waals surface area contributed by atoms with Gasteiger partial charge < -0.3 is 9.84 Å². The Balaban J connectivity index is 1.99. The molecule has 0 bridgehead atoms. The average Bonchev–Trinajstić information content (AvgIpc) is 2.25. The van der Waals surface area contributed by atoms with Crippen LogP contribution in [0.3, 0.4) is 0 Å². The average molecular weight is 195 g/mol. The highest BCUT2D eigenvalue weighted by Gasteiger charge is 1.92. The molecule has 1 aromatic heterocycles. The van der Waals surface area contributed by atoms with Crippen LogP contribution in [0.2, 0.25) is 0 Å². The lowest BCUT2D eigenvalue weighted by atomic mass is 10.2. The van der Waals surface area contributed by atoms with Crippen molar-refractivity contribution >= 4 is 0 Å². The van der Waals surface area contributed by atoms with E-state index in [-0.39, 0.29) is 0 Å². The van der Waals surface area contributed by atoms with E-state index < -0.39 is 0 Å². The molecule has 14 heavy (non-hydrogen) atoms. The van der Waals surface area contributed by atoms with Crippen LogP contribution in [0.5, 0.6) is 5.75 Å². The number of unbranched alkanes of at least 4 members (excludes halogenated alkanes) is 3. The van der Waals surface area contributed by atoms with Crippen molar-refractivity contribution in [2.75, 3.05) is 13.2 Å². The first kappa shape index (κ1) is 11.0. The molecule has 1 N–H and O–H groups in total. The van der Waals surface area contributed by atoms with E-state index in [1.807, 2.05) is 12.1 Å². The highest BCUT2D eigenvalue weighted by atomic mass is 16.5. The predicted octanol–water partition coefficient (Wildman–Crippen LogP) is 2.01. The molecule has 0 radical (unpaired) electrons. The lowest BCUT2D eigenvalue weighted by molar-refractivity contribution is 0.273. The van der Waals surface area contributed by atoms with Crippen molar-refractivity contribution in [2.45, 2.75) is 25.7 Å². The maximum Gasteiger partial charge on any atom is 0.122 e. The van der Waals surface area contributed by atoms with E-state index >= 15 is 0 Å². The second-order valence-electron chi connectivity index (χ2n) is 3.17. The molecule has 0 saturated heterocycles. The minimum absolute atomic E-state index is 0.297. The highest BCUT2D eigenvalue weighted by Crippen LogP contribution is 2.08. The van der Waals surface area contributed by atoms with Crippen LogP contribution in [0.4, 0.5) is 0 Å². The third-order valence-corrected chi connectivity index (χ3v) is 1.97. The summed E-state index contributed by atoms with van der Waals surface area (Å²) >= 11 is 0. The van der Waals surface area contributed by atoms with Crippen LogP contribution in [0.1, 0.15) is 25.7 Å². The molecule has 0 fully saturated rings. The molecule has 1 heterocycles. The van der Waals surface area contributed by atoms with Gasteiger partial charge in [0.2, 0.25) is 0 Å². The fourth-order valence-electron chi connectivity index (χ4n) is 1.19. The zero-order valence-electron chi connectivity index (χ0n) is 8.35. The van der Waals surface area contributed by atoms with Gasteiger partial charge in [0.15, 0.2) is 0 Å². The minimum Gasteiger partial charge on any atom is -0.493 e. The van der Waals surface area contributed by atoms with E-state index in [4.69, 9.17) is 9.84 Å². The number of nitrogens with zero attached hydrogens (tertiary/aromatic N) is 1. The second kappa shape index (κ2) is 7.33. The van der Waals surface area contributed by atoms with E-state index in [1.54, 1.807) is 12.4 Å². The minimum atomic E-state index is 0.297. The molecule has 0 aliphatic carbocycles. The Bertz CT molecular complexity index is 226. The number of aliphatic hydroxyl groups is 1. The quantitative estimate of drug-likeness (QED) is 0.677. The van der Waals surface area contributed by atoms with Crippen molar-refractivity contribution in [3.63, 3.8) is 0 Å². The maximum atomic E-state index is 8.56. The van der Waals surface area contributed by atoms with Crippen LogP contribution >= 0.6 is 0 Å². The largest absolute Gasteiger partial charge is 0.493 e. The summed E-state index contributed by atoms with van der Waals surface area (Å²) in [4.78, 5) is 3.91. The topological polar surface area (TPSA) is 42.4 Å². The van der Waals surface area contributed by atoms with Crippen molar-refractivity contribution in [3.8, 4) is 5.75 Å². The summed E-state index contributed by atoms with van der Waals surface area (Å²) in [7, 11) is 0. The van der Waals surface area contributed by atoms with Gasteiger partial charge in [0.1, 0.15) is 5.75 Å². The van der Waals surface area contributed by atoms with E-state index in [9.17, 15) is 0 Å². The molecule has 1 rings (SSSR count). The van der Waals surface area contributed by atoms with Crippen LogP contribution in [0, 0.1) is 0 Å². The Morgan fingerprint density at radius 1 is 1.07 bits per heavy atom. The summed E-state index contributed by atoms with van der Waals surface area (Å²) in [6, 6.07) is 3.71. The number of hydrogen-bond donors (Lipinski definition) is 1. The van der Waals surface area contributed by atoms with Crippen molar-refractivity contribution in [1.82, 2.24) is 4.98 Å². The molecule has 0 amide bonds. The second-order valence-corrected chi connectivity index (χ2v) is 3.17. The van der Waals surface area contributed by atoms with E-state index in [1.165, 1.54) is 0 Å². The lowest BCUT2D eigenvalue weighted by Gasteiger charge is -2.04. The molecule has 0 aromatic carbocycles. The van der Waals surface area contributed by atoms with Crippen molar-refractivity contribution in [3.05, 3.63) is 24.5 Å². The van der Waals surface area contributed by atoms with Gasteiger partial charge in [-0.05, 0) is 31.4 Å². The first-order valence-electron chi connectivity index (χ1n) is 5.07. The first-order valence-corrected chi connectivity index (χ1v) is 5.07. The zero-order chi connectivity index (χ0) is 10.1. The van der Waals surface area contributed by atoms with Gasteiger partial charge >= 0.3 is 0 Å². The molecule has 0 unspecified atom stereocenters. The van der Waals surface area contributed by atoms with Gasteiger partial charge in [0, 0.05) is 19.0 Å². The molecular weight excluding hydrogens is 178 g/mol. The molecule has 0 spiro atoms. The fourth-order valence-corrected chi connectivity index (χ4v) is 1.19. The normalized spacial score (nSPS) is 10.1. The summed E-state index contributed by atoms with van der Waals surface area (Å²) in [6.45, 7) is 1.04. The number of ether oxygens (including phenoxy) is 1. The van der Waals surface area contributed by atoms with Crippen molar-refractivity contribution in [1.29, 1.82) is 0 Å². The Kier molecular flexibility index (Phi) is 5.75. The van der Waals surface area contributed by atoms with Gasteiger partial charge in [-0.1, -0.05) is 6.42 Å². The van der Waals surface area contributed by atoms with E-state index in [0.29, 0.717) is 6.61 Å². The molecule has 3 heteroatoms. The Labute approximate surface area is 84.7 Å². The van der Waals surface area contributed by atoms with Crippen LogP contribution in [0.15, 0.2) is 24.5 Å². The number of aromatic nitrogens is 1. The van der Waals surface area contributed by atoms with Crippen LogP contribution < -0.4 is 4.74 Å². The molecule has 0 aliphatic rings. The molecule has 78 valence electrons. The van der Waals surface area contributed by atoms with Gasteiger partial charge in [-0.3, -0.25) is 4.98 Å².